The number of guanidine groups is 1. The van der Waals surface area contributed by atoms with Gasteiger partial charge in [-0.2, -0.15) is 0 Å². The van der Waals surface area contributed by atoms with E-state index in [2.05, 4.69) is 11.9 Å². The number of nitrogens with zero attached hydrogens (tertiary/aromatic N) is 1. The minimum Gasteiger partial charge on any atom is -0.507 e. The molecule has 9 heteroatoms. The lowest BCUT2D eigenvalue weighted by atomic mass is 9.98. The molecular weight excluding hydrogens is 570 g/mol. The van der Waals surface area contributed by atoms with Crippen LogP contribution in [0.15, 0.2) is 50.1 Å². The van der Waals surface area contributed by atoms with Gasteiger partial charge in [-0.15, -0.1) is 0 Å². The molecule has 0 amide bonds. The van der Waals surface area contributed by atoms with Crippen molar-refractivity contribution >= 4 is 27.9 Å². The van der Waals surface area contributed by atoms with E-state index < -0.39 is 0 Å². The number of phenolic OH excluding ortho intramolecular Hbond substituents is 1. The summed E-state index contributed by atoms with van der Waals surface area (Å²) < 4.78 is 24.6. The number of benzene rings is 2. The van der Waals surface area contributed by atoms with Crippen molar-refractivity contribution in [1.82, 2.24) is 0 Å². The van der Waals surface area contributed by atoms with Crippen LogP contribution in [0, 0.1) is 0 Å². The van der Waals surface area contributed by atoms with Gasteiger partial charge in [0.05, 0.1) is 25.7 Å². The van der Waals surface area contributed by atoms with Crippen LogP contribution in [-0.2, 0) is 12.8 Å². The van der Waals surface area contributed by atoms with Crippen molar-refractivity contribution in [2.24, 2.45) is 16.5 Å². The summed E-state index contributed by atoms with van der Waals surface area (Å²) in [5.74, 6) is 1.47. The third-order valence-corrected chi connectivity index (χ3v) is 7.65. The second kappa shape index (κ2) is 18.0. The van der Waals surface area contributed by atoms with Crippen LogP contribution in [0.5, 0.6) is 23.0 Å². The first kappa shape index (κ1) is 35.3. The Morgan fingerprint density at radius 2 is 1.56 bits per heavy atom. The molecular formula is C36H51N3O6. The van der Waals surface area contributed by atoms with Crippen molar-refractivity contribution in [2.75, 3.05) is 26.9 Å². The largest absolute Gasteiger partial charge is 0.507 e. The van der Waals surface area contributed by atoms with Crippen LogP contribution in [0.2, 0.25) is 0 Å². The maximum atomic E-state index is 14.2. The Bertz CT molecular complexity index is 1560. The molecule has 0 saturated carbocycles. The van der Waals surface area contributed by atoms with Crippen molar-refractivity contribution in [3.8, 4) is 23.0 Å². The maximum absolute atomic E-state index is 14.2. The molecule has 0 bridgehead atoms. The lowest BCUT2D eigenvalue weighted by molar-refractivity contribution is 0.284. The number of nitrogens with two attached hydrogens (primary N) is 2. The van der Waals surface area contributed by atoms with Crippen LogP contribution >= 0.6 is 0 Å². The molecule has 9 nitrogen and oxygen atoms in total. The van der Waals surface area contributed by atoms with Gasteiger partial charge < -0.3 is 35.2 Å². The van der Waals surface area contributed by atoms with Crippen molar-refractivity contribution in [2.45, 2.75) is 91.9 Å². The summed E-state index contributed by atoms with van der Waals surface area (Å²) in [6.07, 6.45) is 14.7. The molecule has 3 aromatic rings. The third-order valence-electron chi connectivity index (χ3n) is 7.65. The average molecular weight is 622 g/mol. The SMILES string of the molecule is CC=CCc1c(OCCCCCN=C(N)N)cc2oc3cc(OCCCCCCC)c(OC)c(CC=C(C)C)c3c(=O)c2c1O. The number of fused-ring (bicyclic) bond motifs is 2. The quantitative estimate of drug-likeness (QED) is 0.0412. The number of allylic oxidation sites excluding steroid dienone is 4. The predicted molar refractivity (Wildman–Crippen MR) is 184 cm³/mol. The number of hydrogen-bond acceptors (Lipinski definition) is 7. The molecule has 3 rings (SSSR count). The maximum Gasteiger partial charge on any atom is 0.204 e. The topological polar surface area (TPSA) is 143 Å². The smallest absolute Gasteiger partial charge is 0.204 e. The highest BCUT2D eigenvalue weighted by atomic mass is 16.5. The van der Waals surface area contributed by atoms with Gasteiger partial charge in [0.25, 0.3) is 0 Å². The lowest BCUT2D eigenvalue weighted by Crippen LogP contribution is -2.22. The standard InChI is InChI=1S/C36H51N3O6/c1-6-8-10-11-14-21-44-30-23-28-31(26(35(30)42-5)18-17-24(3)4)34(41)32-29(45-28)22-27(25(33(32)40)16-9-7-2)43-20-15-12-13-19-39-36(37)38/h7,9,17,22-23,40H,6,8,10-16,18-21H2,1-5H3,(H4,37,38,39). The number of aliphatic imine (C=N–C) groups is 1. The first-order chi connectivity index (χ1) is 21.7. The molecule has 2 aromatic carbocycles. The molecule has 0 aliphatic rings. The summed E-state index contributed by atoms with van der Waals surface area (Å²) in [7, 11) is 1.58. The Kier molecular flexibility index (Phi) is 14.1. The summed E-state index contributed by atoms with van der Waals surface area (Å²) in [5.41, 5.74) is 13.4. The van der Waals surface area contributed by atoms with Crippen LogP contribution in [0.3, 0.4) is 0 Å². The fourth-order valence-electron chi connectivity index (χ4n) is 5.27. The monoisotopic (exact) mass is 621 g/mol. The van der Waals surface area contributed by atoms with E-state index in [1.54, 1.807) is 19.2 Å². The van der Waals surface area contributed by atoms with E-state index in [9.17, 15) is 9.90 Å². The van der Waals surface area contributed by atoms with E-state index in [0.29, 0.717) is 71.9 Å². The van der Waals surface area contributed by atoms with E-state index in [1.807, 2.05) is 39.0 Å². The molecule has 0 fully saturated rings. The first-order valence-electron chi connectivity index (χ1n) is 16.1. The van der Waals surface area contributed by atoms with Crippen LogP contribution < -0.4 is 31.1 Å². The summed E-state index contributed by atoms with van der Waals surface area (Å²) in [4.78, 5) is 18.2. The second-order valence-corrected chi connectivity index (χ2v) is 11.5. The lowest BCUT2D eigenvalue weighted by Gasteiger charge is -2.18. The highest BCUT2D eigenvalue weighted by Gasteiger charge is 2.24. The van der Waals surface area contributed by atoms with E-state index in [1.165, 1.54) is 19.3 Å². The number of hydrogen-bond donors (Lipinski definition) is 3. The zero-order valence-corrected chi connectivity index (χ0v) is 27.7. The van der Waals surface area contributed by atoms with Gasteiger partial charge >= 0.3 is 0 Å². The minimum atomic E-state index is -0.321. The predicted octanol–water partition coefficient (Wildman–Crippen LogP) is 7.46. The molecule has 0 spiro atoms. The Labute approximate surface area is 266 Å². The number of methoxy groups -OCH3 is 1. The summed E-state index contributed by atoms with van der Waals surface area (Å²) >= 11 is 0. The van der Waals surface area contributed by atoms with Crippen LogP contribution in [-0.4, -0.2) is 37.9 Å². The first-order valence-corrected chi connectivity index (χ1v) is 16.1. The highest BCUT2D eigenvalue weighted by molar-refractivity contribution is 5.98. The summed E-state index contributed by atoms with van der Waals surface area (Å²) in [6.45, 7) is 9.64. The van der Waals surface area contributed by atoms with Gasteiger partial charge in [0.15, 0.2) is 17.5 Å². The van der Waals surface area contributed by atoms with E-state index in [4.69, 9.17) is 30.1 Å². The molecule has 0 unspecified atom stereocenters. The van der Waals surface area contributed by atoms with Gasteiger partial charge in [0.1, 0.15) is 28.1 Å². The Balaban J connectivity index is 2.10. The van der Waals surface area contributed by atoms with E-state index in [0.717, 1.165) is 37.7 Å². The number of phenols is 1. The van der Waals surface area contributed by atoms with Crippen LogP contribution in [0.4, 0.5) is 0 Å². The Morgan fingerprint density at radius 3 is 2.20 bits per heavy atom. The minimum absolute atomic E-state index is 0.0872. The molecule has 0 saturated heterocycles. The van der Waals surface area contributed by atoms with Gasteiger partial charge in [-0.25, -0.2) is 0 Å². The van der Waals surface area contributed by atoms with Crippen molar-refractivity contribution in [3.05, 3.63) is 57.3 Å². The van der Waals surface area contributed by atoms with Crippen molar-refractivity contribution in [3.63, 3.8) is 0 Å². The fraction of sp³-hybridized carbons (Fsp3) is 0.500. The zero-order chi connectivity index (χ0) is 32.8. The summed E-state index contributed by atoms with van der Waals surface area (Å²) in [5, 5.41) is 12.0. The Morgan fingerprint density at radius 1 is 0.911 bits per heavy atom. The Hall–Kier alpha value is -4.14. The van der Waals surface area contributed by atoms with E-state index in [-0.39, 0.29) is 28.1 Å². The molecule has 0 aliphatic carbocycles. The van der Waals surface area contributed by atoms with Gasteiger partial charge in [-0.3, -0.25) is 9.79 Å². The fourth-order valence-corrected chi connectivity index (χ4v) is 5.27. The van der Waals surface area contributed by atoms with E-state index >= 15 is 0 Å². The number of aromatic hydroxyl groups is 1. The second-order valence-electron chi connectivity index (χ2n) is 11.5. The van der Waals surface area contributed by atoms with Gasteiger partial charge in [0.2, 0.25) is 5.43 Å². The van der Waals surface area contributed by atoms with Gasteiger partial charge in [-0.05, 0) is 59.3 Å². The molecule has 0 radical (unpaired) electrons. The molecule has 5 N–H and O–H groups in total. The zero-order valence-electron chi connectivity index (χ0n) is 27.7. The number of unbranched alkanes of at least 4 members (excludes halogenated alkanes) is 6. The van der Waals surface area contributed by atoms with Gasteiger partial charge in [-0.1, -0.05) is 56.4 Å². The molecule has 246 valence electrons. The molecule has 45 heavy (non-hydrogen) atoms. The van der Waals surface area contributed by atoms with Crippen LogP contribution in [0.25, 0.3) is 21.9 Å². The normalized spacial score (nSPS) is 11.3. The van der Waals surface area contributed by atoms with Crippen LogP contribution in [0.1, 0.15) is 90.2 Å². The highest BCUT2D eigenvalue weighted by Crippen LogP contribution is 2.41. The molecule has 0 aliphatic heterocycles. The molecule has 1 heterocycles. The van der Waals surface area contributed by atoms with Crippen molar-refractivity contribution < 1.29 is 23.7 Å². The number of ether oxygens (including phenoxy) is 3. The summed E-state index contributed by atoms with van der Waals surface area (Å²) in [6, 6.07) is 3.44. The van der Waals surface area contributed by atoms with Gasteiger partial charge in [0, 0.05) is 29.8 Å². The molecule has 1 aromatic heterocycles. The number of rotatable bonds is 19. The average Bonchev–Trinajstić information content (AvgIpc) is 3.00. The molecule has 0 atom stereocenters. The van der Waals surface area contributed by atoms with Crippen molar-refractivity contribution in [1.29, 1.82) is 0 Å². The third kappa shape index (κ3) is 9.67.